The van der Waals surface area contributed by atoms with Gasteiger partial charge in [-0.3, -0.25) is 4.79 Å². The SMILES string of the molecule is CCCCO[C@H]1CCC[C@H]1C(=O)Cl. The predicted molar refractivity (Wildman–Crippen MR) is 52.8 cm³/mol. The first-order valence-corrected chi connectivity index (χ1v) is 5.44. The van der Waals surface area contributed by atoms with Crippen LogP contribution in [0.15, 0.2) is 0 Å². The molecule has 1 aliphatic carbocycles. The maximum atomic E-state index is 11.0. The van der Waals surface area contributed by atoms with E-state index >= 15 is 0 Å². The number of unbranched alkanes of at least 4 members (excludes halogenated alkanes) is 1. The molecule has 2 nitrogen and oxygen atoms in total. The van der Waals surface area contributed by atoms with Crippen molar-refractivity contribution in [3.05, 3.63) is 0 Å². The molecule has 0 aromatic carbocycles. The van der Waals surface area contributed by atoms with Crippen LogP contribution in [-0.4, -0.2) is 18.0 Å². The molecule has 1 rings (SSSR count). The van der Waals surface area contributed by atoms with Gasteiger partial charge >= 0.3 is 0 Å². The number of carbonyl (C=O) groups excluding carboxylic acids is 1. The summed E-state index contributed by atoms with van der Waals surface area (Å²) in [5.41, 5.74) is 0. The van der Waals surface area contributed by atoms with E-state index in [4.69, 9.17) is 16.3 Å². The Morgan fingerprint density at radius 2 is 2.31 bits per heavy atom. The highest BCUT2D eigenvalue weighted by Gasteiger charge is 2.32. The van der Waals surface area contributed by atoms with Crippen LogP contribution >= 0.6 is 11.6 Å². The van der Waals surface area contributed by atoms with Crippen LogP contribution in [-0.2, 0) is 9.53 Å². The van der Waals surface area contributed by atoms with Gasteiger partial charge < -0.3 is 4.74 Å². The molecular formula is C10H17ClO2. The average molecular weight is 205 g/mol. The first kappa shape index (κ1) is 11.0. The summed E-state index contributed by atoms with van der Waals surface area (Å²) in [5, 5.41) is -0.223. The standard InChI is InChI=1S/C10H17ClO2/c1-2-3-7-13-9-6-4-5-8(9)10(11)12/h8-9H,2-7H2,1H3/t8-,9+/m1/s1. The van der Waals surface area contributed by atoms with Gasteiger partial charge in [-0.05, 0) is 37.3 Å². The Kier molecular flexibility index (Phi) is 4.74. The summed E-state index contributed by atoms with van der Waals surface area (Å²) >= 11 is 5.47. The van der Waals surface area contributed by atoms with E-state index in [9.17, 15) is 4.79 Å². The van der Waals surface area contributed by atoms with E-state index in [1.165, 1.54) is 0 Å². The highest BCUT2D eigenvalue weighted by atomic mass is 35.5. The Morgan fingerprint density at radius 3 is 2.92 bits per heavy atom. The molecule has 0 spiro atoms. The van der Waals surface area contributed by atoms with Crippen molar-refractivity contribution in [2.75, 3.05) is 6.61 Å². The summed E-state index contributed by atoms with van der Waals surface area (Å²) < 4.78 is 5.61. The Balaban J connectivity index is 2.27. The van der Waals surface area contributed by atoms with Gasteiger partial charge in [0.2, 0.25) is 5.24 Å². The molecule has 1 fully saturated rings. The van der Waals surface area contributed by atoms with Crippen molar-refractivity contribution in [2.45, 2.75) is 45.1 Å². The van der Waals surface area contributed by atoms with Crippen LogP contribution < -0.4 is 0 Å². The van der Waals surface area contributed by atoms with E-state index < -0.39 is 0 Å². The fraction of sp³-hybridized carbons (Fsp3) is 0.900. The molecule has 3 heteroatoms. The number of halogens is 1. The summed E-state index contributed by atoms with van der Waals surface area (Å²) in [6.45, 7) is 2.89. The minimum atomic E-state index is -0.223. The molecule has 0 aliphatic heterocycles. The highest BCUT2D eigenvalue weighted by molar-refractivity contribution is 6.64. The minimum absolute atomic E-state index is 0.0430. The van der Waals surface area contributed by atoms with Crippen molar-refractivity contribution in [2.24, 2.45) is 5.92 Å². The zero-order valence-corrected chi connectivity index (χ0v) is 8.85. The molecule has 0 aromatic heterocycles. The number of rotatable bonds is 5. The van der Waals surface area contributed by atoms with Crippen molar-refractivity contribution < 1.29 is 9.53 Å². The molecule has 0 aromatic rings. The van der Waals surface area contributed by atoms with Crippen molar-refractivity contribution in [1.29, 1.82) is 0 Å². The van der Waals surface area contributed by atoms with Crippen LogP contribution in [0, 0.1) is 5.92 Å². The molecule has 0 radical (unpaired) electrons. The first-order valence-electron chi connectivity index (χ1n) is 5.06. The van der Waals surface area contributed by atoms with Gasteiger partial charge in [0.05, 0.1) is 12.0 Å². The largest absolute Gasteiger partial charge is 0.377 e. The molecule has 13 heavy (non-hydrogen) atoms. The van der Waals surface area contributed by atoms with Crippen molar-refractivity contribution in [3.63, 3.8) is 0 Å². The molecule has 0 heterocycles. The minimum Gasteiger partial charge on any atom is -0.377 e. The van der Waals surface area contributed by atoms with E-state index in [1.807, 2.05) is 0 Å². The van der Waals surface area contributed by atoms with Crippen molar-refractivity contribution in [3.8, 4) is 0 Å². The van der Waals surface area contributed by atoms with Gasteiger partial charge in [-0.15, -0.1) is 0 Å². The summed E-state index contributed by atoms with van der Waals surface area (Å²) in [6.07, 6.45) is 5.26. The fourth-order valence-corrected chi connectivity index (χ4v) is 2.01. The van der Waals surface area contributed by atoms with Crippen molar-refractivity contribution >= 4 is 16.8 Å². The third kappa shape index (κ3) is 3.28. The van der Waals surface area contributed by atoms with E-state index in [2.05, 4.69) is 6.92 Å². The lowest BCUT2D eigenvalue weighted by molar-refractivity contribution is -0.118. The third-order valence-corrected chi connectivity index (χ3v) is 2.85. The fourth-order valence-electron chi connectivity index (χ4n) is 1.76. The molecule has 0 unspecified atom stereocenters. The second-order valence-electron chi connectivity index (χ2n) is 3.60. The Labute approximate surface area is 84.6 Å². The summed E-state index contributed by atoms with van der Waals surface area (Å²) in [4.78, 5) is 11.0. The van der Waals surface area contributed by atoms with Crippen LogP contribution in [0.3, 0.4) is 0 Å². The Morgan fingerprint density at radius 1 is 1.54 bits per heavy atom. The number of carbonyl (C=O) groups is 1. The maximum Gasteiger partial charge on any atom is 0.227 e. The molecule has 0 N–H and O–H groups in total. The lowest BCUT2D eigenvalue weighted by atomic mass is 10.1. The monoisotopic (exact) mass is 204 g/mol. The van der Waals surface area contributed by atoms with Crippen LogP contribution in [0.1, 0.15) is 39.0 Å². The van der Waals surface area contributed by atoms with E-state index in [-0.39, 0.29) is 17.3 Å². The quantitative estimate of drug-likeness (QED) is 0.509. The smallest absolute Gasteiger partial charge is 0.227 e. The lowest BCUT2D eigenvalue weighted by Gasteiger charge is -2.16. The lowest BCUT2D eigenvalue weighted by Crippen LogP contribution is -2.23. The van der Waals surface area contributed by atoms with E-state index in [1.54, 1.807) is 0 Å². The molecule has 76 valence electrons. The molecule has 0 saturated heterocycles. The Hall–Kier alpha value is -0.0800. The zero-order valence-electron chi connectivity index (χ0n) is 8.09. The molecular weight excluding hydrogens is 188 g/mol. The molecule has 0 bridgehead atoms. The predicted octanol–water partition coefficient (Wildman–Crippen LogP) is 2.74. The average Bonchev–Trinajstić information content (AvgIpc) is 2.53. The molecule has 0 amide bonds. The van der Waals surface area contributed by atoms with Gasteiger partial charge in [-0.2, -0.15) is 0 Å². The Bertz CT molecular complexity index is 170. The van der Waals surface area contributed by atoms with Crippen LogP contribution in [0.25, 0.3) is 0 Å². The van der Waals surface area contributed by atoms with Gasteiger partial charge in [-0.1, -0.05) is 13.3 Å². The topological polar surface area (TPSA) is 26.3 Å². The number of hydrogen-bond acceptors (Lipinski definition) is 2. The van der Waals surface area contributed by atoms with Gasteiger partial charge in [0.25, 0.3) is 0 Å². The van der Waals surface area contributed by atoms with Crippen molar-refractivity contribution in [1.82, 2.24) is 0 Å². The molecule has 1 saturated carbocycles. The summed E-state index contributed by atoms with van der Waals surface area (Å²) in [5.74, 6) is -0.0430. The number of ether oxygens (including phenoxy) is 1. The highest BCUT2D eigenvalue weighted by Crippen LogP contribution is 2.30. The second-order valence-corrected chi connectivity index (χ2v) is 3.98. The van der Waals surface area contributed by atoms with E-state index in [0.29, 0.717) is 0 Å². The number of hydrogen-bond donors (Lipinski definition) is 0. The van der Waals surface area contributed by atoms with Gasteiger partial charge in [0, 0.05) is 6.61 Å². The molecule has 1 aliphatic rings. The normalized spacial score (nSPS) is 27.8. The first-order chi connectivity index (χ1) is 6.25. The van der Waals surface area contributed by atoms with Crippen LogP contribution in [0.2, 0.25) is 0 Å². The summed E-state index contributed by atoms with van der Waals surface area (Å²) in [6, 6.07) is 0. The van der Waals surface area contributed by atoms with Gasteiger partial charge in [-0.25, -0.2) is 0 Å². The van der Waals surface area contributed by atoms with E-state index in [0.717, 1.165) is 38.7 Å². The molecule has 2 atom stereocenters. The summed E-state index contributed by atoms with van der Waals surface area (Å²) in [7, 11) is 0. The zero-order chi connectivity index (χ0) is 9.68. The van der Waals surface area contributed by atoms with Crippen LogP contribution in [0.4, 0.5) is 0 Å². The third-order valence-electron chi connectivity index (χ3n) is 2.57. The van der Waals surface area contributed by atoms with Gasteiger partial charge in [0.1, 0.15) is 0 Å². The van der Waals surface area contributed by atoms with Crippen LogP contribution in [0.5, 0.6) is 0 Å². The maximum absolute atomic E-state index is 11.0. The van der Waals surface area contributed by atoms with Gasteiger partial charge in [0.15, 0.2) is 0 Å². The second kappa shape index (κ2) is 5.61.